The Morgan fingerprint density at radius 1 is 1.07 bits per heavy atom. The van der Waals surface area contributed by atoms with Gasteiger partial charge >= 0.3 is 0 Å². The average Bonchev–Trinajstić information content (AvgIpc) is 3.17. The summed E-state index contributed by atoms with van der Waals surface area (Å²) in [5.41, 5.74) is 3.93. The van der Waals surface area contributed by atoms with E-state index in [9.17, 15) is 9.18 Å². The van der Waals surface area contributed by atoms with Crippen LogP contribution in [0.15, 0.2) is 72.2 Å². The van der Waals surface area contributed by atoms with Gasteiger partial charge in [-0.05, 0) is 48.0 Å². The average molecular weight is 378 g/mol. The summed E-state index contributed by atoms with van der Waals surface area (Å²) < 4.78 is 20.6. The zero-order valence-electron chi connectivity index (χ0n) is 14.2. The van der Waals surface area contributed by atoms with Crippen LogP contribution in [0.5, 0.6) is 11.5 Å². The summed E-state index contributed by atoms with van der Waals surface area (Å²) in [7, 11) is 0. The van der Waals surface area contributed by atoms with E-state index < -0.39 is 5.82 Å². The number of nitrogens with zero attached hydrogens (tertiary/aromatic N) is 1. The largest absolute Gasteiger partial charge is 0.454 e. The summed E-state index contributed by atoms with van der Waals surface area (Å²) in [5, 5.41) is 2.85. The molecule has 27 heavy (non-hydrogen) atoms. The number of carbonyl (C=O) groups is 1. The SMILES string of the molecule is O=C(NCc1ccc(F)c(Oc2ccccc2)c1)c1ccc2ncsc2c1. The molecule has 3 aromatic carbocycles. The van der Waals surface area contributed by atoms with Crippen molar-refractivity contribution >= 4 is 27.5 Å². The van der Waals surface area contributed by atoms with Crippen LogP contribution in [0.4, 0.5) is 4.39 Å². The summed E-state index contributed by atoms with van der Waals surface area (Å²) in [4.78, 5) is 16.6. The molecule has 0 atom stereocenters. The molecule has 0 aliphatic carbocycles. The van der Waals surface area contributed by atoms with Crippen LogP contribution in [0.1, 0.15) is 15.9 Å². The molecule has 1 N–H and O–H groups in total. The second-order valence-corrected chi connectivity index (χ2v) is 6.78. The maximum Gasteiger partial charge on any atom is 0.251 e. The van der Waals surface area contributed by atoms with E-state index in [1.54, 1.807) is 35.8 Å². The number of hydrogen-bond donors (Lipinski definition) is 1. The van der Waals surface area contributed by atoms with Crippen LogP contribution in [-0.4, -0.2) is 10.9 Å². The predicted octanol–water partition coefficient (Wildman–Crippen LogP) is 5.16. The molecule has 4 rings (SSSR count). The van der Waals surface area contributed by atoms with E-state index in [0.717, 1.165) is 15.8 Å². The van der Waals surface area contributed by atoms with Crippen LogP contribution in [0.3, 0.4) is 0 Å². The summed E-state index contributed by atoms with van der Waals surface area (Å²) in [6, 6.07) is 18.9. The summed E-state index contributed by atoms with van der Waals surface area (Å²) in [5.74, 6) is 0.0270. The van der Waals surface area contributed by atoms with E-state index in [2.05, 4.69) is 10.3 Å². The zero-order valence-corrected chi connectivity index (χ0v) is 15.0. The Bertz CT molecular complexity index is 1100. The summed E-state index contributed by atoms with van der Waals surface area (Å²) in [6.45, 7) is 0.269. The second kappa shape index (κ2) is 7.55. The third-order valence-electron chi connectivity index (χ3n) is 4.01. The lowest BCUT2D eigenvalue weighted by atomic mass is 10.1. The van der Waals surface area contributed by atoms with Crippen molar-refractivity contribution in [1.82, 2.24) is 10.3 Å². The number of amides is 1. The number of hydrogen-bond acceptors (Lipinski definition) is 4. The molecule has 4 aromatic rings. The second-order valence-electron chi connectivity index (χ2n) is 5.90. The highest BCUT2D eigenvalue weighted by Crippen LogP contribution is 2.25. The topological polar surface area (TPSA) is 51.2 Å². The fraction of sp³-hybridized carbons (Fsp3) is 0.0476. The highest BCUT2D eigenvalue weighted by molar-refractivity contribution is 7.16. The van der Waals surface area contributed by atoms with Crippen LogP contribution < -0.4 is 10.1 Å². The highest BCUT2D eigenvalue weighted by atomic mass is 32.1. The maximum atomic E-state index is 14.0. The molecule has 0 unspecified atom stereocenters. The van der Waals surface area contributed by atoms with Gasteiger partial charge < -0.3 is 10.1 Å². The van der Waals surface area contributed by atoms with Crippen molar-refractivity contribution in [2.45, 2.75) is 6.54 Å². The molecule has 0 bridgehead atoms. The Labute approximate surface area is 159 Å². The molecule has 0 fully saturated rings. The van der Waals surface area contributed by atoms with E-state index in [-0.39, 0.29) is 18.2 Å². The molecule has 0 aliphatic rings. The standard InChI is InChI=1S/C21H15FN2O2S/c22-17-8-6-14(10-19(17)26-16-4-2-1-3-5-16)12-23-21(25)15-7-9-18-20(11-15)27-13-24-18/h1-11,13H,12H2,(H,23,25). The Kier molecular flexibility index (Phi) is 4.80. The minimum absolute atomic E-state index is 0.124. The number of thiazole rings is 1. The molecule has 1 amide bonds. The van der Waals surface area contributed by atoms with Gasteiger partial charge in [0, 0.05) is 12.1 Å². The van der Waals surface area contributed by atoms with Gasteiger partial charge in [0.2, 0.25) is 0 Å². The molecule has 6 heteroatoms. The lowest BCUT2D eigenvalue weighted by Gasteiger charge is -2.10. The fourth-order valence-electron chi connectivity index (χ4n) is 2.63. The van der Waals surface area contributed by atoms with Crippen molar-refractivity contribution in [3.8, 4) is 11.5 Å². The first-order valence-corrected chi connectivity index (χ1v) is 9.20. The van der Waals surface area contributed by atoms with Gasteiger partial charge in [0.05, 0.1) is 15.7 Å². The number of benzene rings is 3. The molecule has 4 nitrogen and oxygen atoms in total. The number of halogens is 1. The number of carbonyl (C=O) groups excluding carboxylic acids is 1. The van der Waals surface area contributed by atoms with E-state index in [1.165, 1.54) is 17.4 Å². The Morgan fingerprint density at radius 2 is 1.93 bits per heavy atom. The molecule has 1 aromatic heterocycles. The first-order valence-electron chi connectivity index (χ1n) is 8.32. The third-order valence-corrected chi connectivity index (χ3v) is 4.80. The predicted molar refractivity (Wildman–Crippen MR) is 104 cm³/mol. The van der Waals surface area contributed by atoms with Crippen molar-refractivity contribution < 1.29 is 13.9 Å². The minimum Gasteiger partial charge on any atom is -0.454 e. The van der Waals surface area contributed by atoms with Crippen molar-refractivity contribution in [2.75, 3.05) is 0 Å². The normalized spacial score (nSPS) is 10.7. The van der Waals surface area contributed by atoms with Crippen LogP contribution >= 0.6 is 11.3 Å². The molecule has 134 valence electrons. The van der Waals surface area contributed by atoms with Crippen LogP contribution in [-0.2, 0) is 6.54 Å². The number of aromatic nitrogens is 1. The number of rotatable bonds is 5. The van der Waals surface area contributed by atoms with Crippen LogP contribution in [0, 0.1) is 5.82 Å². The van der Waals surface area contributed by atoms with Gasteiger partial charge in [0.25, 0.3) is 5.91 Å². The van der Waals surface area contributed by atoms with Gasteiger partial charge in [0.1, 0.15) is 5.75 Å². The Balaban J connectivity index is 1.46. The first kappa shape index (κ1) is 17.2. The highest BCUT2D eigenvalue weighted by Gasteiger charge is 2.10. The van der Waals surface area contributed by atoms with Gasteiger partial charge in [-0.15, -0.1) is 11.3 Å². The van der Waals surface area contributed by atoms with E-state index in [0.29, 0.717) is 11.3 Å². The molecule has 0 spiro atoms. The van der Waals surface area contributed by atoms with Crippen LogP contribution in [0.25, 0.3) is 10.2 Å². The lowest BCUT2D eigenvalue weighted by molar-refractivity contribution is 0.0951. The van der Waals surface area contributed by atoms with Gasteiger partial charge in [0.15, 0.2) is 11.6 Å². The molecular formula is C21H15FN2O2S. The van der Waals surface area contributed by atoms with Gasteiger partial charge in [-0.2, -0.15) is 0 Å². The number of para-hydroxylation sites is 1. The van der Waals surface area contributed by atoms with E-state index in [1.807, 2.05) is 30.3 Å². The van der Waals surface area contributed by atoms with Crippen molar-refractivity contribution in [3.63, 3.8) is 0 Å². The number of nitrogens with one attached hydrogen (secondary N) is 1. The summed E-state index contributed by atoms with van der Waals surface area (Å²) in [6.07, 6.45) is 0. The van der Waals surface area contributed by atoms with Crippen LogP contribution in [0.2, 0.25) is 0 Å². The molecule has 1 heterocycles. The quantitative estimate of drug-likeness (QED) is 0.522. The lowest BCUT2D eigenvalue weighted by Crippen LogP contribution is -2.22. The van der Waals surface area contributed by atoms with E-state index in [4.69, 9.17) is 4.74 Å². The maximum absolute atomic E-state index is 14.0. The third kappa shape index (κ3) is 3.96. The van der Waals surface area contributed by atoms with Crippen molar-refractivity contribution in [3.05, 3.63) is 89.2 Å². The number of fused-ring (bicyclic) bond motifs is 1. The fourth-order valence-corrected chi connectivity index (χ4v) is 3.35. The zero-order chi connectivity index (χ0) is 18.6. The molecule has 0 radical (unpaired) electrons. The van der Waals surface area contributed by atoms with Gasteiger partial charge in [-0.3, -0.25) is 4.79 Å². The molecule has 0 saturated carbocycles. The Morgan fingerprint density at radius 3 is 2.78 bits per heavy atom. The Hall–Kier alpha value is -3.25. The molecule has 0 aliphatic heterocycles. The van der Waals surface area contributed by atoms with Gasteiger partial charge in [-0.1, -0.05) is 24.3 Å². The van der Waals surface area contributed by atoms with E-state index >= 15 is 0 Å². The molecule has 0 saturated heterocycles. The number of ether oxygens (including phenoxy) is 1. The summed E-state index contributed by atoms with van der Waals surface area (Å²) >= 11 is 1.49. The van der Waals surface area contributed by atoms with Crippen molar-refractivity contribution in [2.24, 2.45) is 0 Å². The first-order chi connectivity index (χ1) is 13.2. The van der Waals surface area contributed by atoms with Crippen molar-refractivity contribution in [1.29, 1.82) is 0 Å². The molecular weight excluding hydrogens is 363 g/mol. The van der Waals surface area contributed by atoms with Gasteiger partial charge in [-0.25, -0.2) is 9.37 Å². The monoisotopic (exact) mass is 378 g/mol. The minimum atomic E-state index is -0.454. The smallest absolute Gasteiger partial charge is 0.251 e.